The number of carboxylic acids is 1. The van der Waals surface area contributed by atoms with E-state index in [1.807, 2.05) is 20.8 Å². The van der Waals surface area contributed by atoms with E-state index in [2.05, 4.69) is 0 Å². The van der Waals surface area contributed by atoms with E-state index in [0.717, 1.165) is 12.1 Å². The van der Waals surface area contributed by atoms with Crippen LogP contribution in [0.1, 0.15) is 44.4 Å². The average Bonchev–Trinajstić information content (AvgIpc) is 2.65. The van der Waals surface area contributed by atoms with Crippen molar-refractivity contribution in [3.05, 3.63) is 53.1 Å². The van der Waals surface area contributed by atoms with Gasteiger partial charge in [-0.1, -0.05) is 32.9 Å². The second kappa shape index (κ2) is 9.63. The first-order valence-corrected chi connectivity index (χ1v) is 10.1. The number of aliphatic carboxylic acids is 1. The number of ether oxygens (including phenoxy) is 1. The lowest BCUT2D eigenvalue weighted by Crippen LogP contribution is -2.36. The molecule has 2 rings (SSSR count). The molecule has 5 nitrogen and oxygen atoms in total. The number of alkyl halides is 3. The standard InChI is InChI=1S/C24H28F3NO4/c1-15(29)28(14-23(2,3)4)13-17-12-18(24(25,26)27)7-8-19(17)20-10-16(11-22(30)31)6-9-21(20)32-5/h6-10,12H,11,13-14H2,1-5H3,(H,30,31). The van der Waals surface area contributed by atoms with Gasteiger partial charge in [-0.25, -0.2) is 0 Å². The van der Waals surface area contributed by atoms with Crippen LogP contribution in [0.25, 0.3) is 11.1 Å². The van der Waals surface area contributed by atoms with Crippen LogP contribution in [0.4, 0.5) is 13.2 Å². The normalized spacial score (nSPS) is 11.9. The van der Waals surface area contributed by atoms with Crippen molar-refractivity contribution >= 4 is 11.9 Å². The van der Waals surface area contributed by atoms with Gasteiger partial charge in [0.2, 0.25) is 5.91 Å². The Morgan fingerprint density at radius 3 is 2.19 bits per heavy atom. The molecule has 0 aliphatic heterocycles. The van der Waals surface area contributed by atoms with Gasteiger partial charge in [0.05, 0.1) is 19.1 Å². The number of hydrogen-bond donors (Lipinski definition) is 1. The molecule has 0 aromatic heterocycles. The summed E-state index contributed by atoms with van der Waals surface area (Å²) in [5.41, 5.74) is 0.613. The lowest BCUT2D eigenvalue weighted by molar-refractivity contribution is -0.138. The van der Waals surface area contributed by atoms with Gasteiger partial charge in [-0.15, -0.1) is 0 Å². The molecule has 8 heteroatoms. The first-order valence-electron chi connectivity index (χ1n) is 10.1. The van der Waals surface area contributed by atoms with E-state index >= 15 is 0 Å². The van der Waals surface area contributed by atoms with Crippen molar-refractivity contribution in [2.45, 2.75) is 46.8 Å². The fourth-order valence-electron chi connectivity index (χ4n) is 3.47. The third kappa shape index (κ3) is 6.73. The number of rotatable bonds is 7. The van der Waals surface area contributed by atoms with Crippen LogP contribution < -0.4 is 4.74 Å². The van der Waals surface area contributed by atoms with Crippen molar-refractivity contribution < 1.29 is 32.6 Å². The highest BCUT2D eigenvalue weighted by atomic mass is 19.4. The van der Waals surface area contributed by atoms with Crippen LogP contribution in [0, 0.1) is 5.41 Å². The van der Waals surface area contributed by atoms with Crippen LogP contribution in [0.2, 0.25) is 0 Å². The van der Waals surface area contributed by atoms with Gasteiger partial charge in [0, 0.05) is 25.6 Å². The maximum atomic E-state index is 13.5. The fraction of sp³-hybridized carbons (Fsp3) is 0.417. The molecular formula is C24H28F3NO4. The second-order valence-corrected chi connectivity index (χ2v) is 8.91. The lowest BCUT2D eigenvalue weighted by atomic mass is 9.92. The molecule has 0 aliphatic carbocycles. The van der Waals surface area contributed by atoms with Crippen LogP contribution in [-0.4, -0.2) is 35.5 Å². The minimum Gasteiger partial charge on any atom is -0.496 e. The summed E-state index contributed by atoms with van der Waals surface area (Å²) in [6.45, 7) is 7.52. The number of methoxy groups -OCH3 is 1. The van der Waals surface area contributed by atoms with Gasteiger partial charge < -0.3 is 14.7 Å². The third-order valence-electron chi connectivity index (χ3n) is 4.81. The van der Waals surface area contributed by atoms with Crippen LogP contribution in [0.5, 0.6) is 5.75 Å². The van der Waals surface area contributed by atoms with E-state index in [9.17, 15) is 22.8 Å². The summed E-state index contributed by atoms with van der Waals surface area (Å²) in [5.74, 6) is -0.887. The first kappa shape index (κ1) is 25.2. The summed E-state index contributed by atoms with van der Waals surface area (Å²) >= 11 is 0. The molecule has 32 heavy (non-hydrogen) atoms. The number of hydrogen-bond acceptors (Lipinski definition) is 3. The van der Waals surface area contributed by atoms with Crippen molar-refractivity contribution in [3.8, 4) is 16.9 Å². The molecule has 0 unspecified atom stereocenters. The molecule has 0 atom stereocenters. The molecule has 0 fully saturated rings. The topological polar surface area (TPSA) is 66.8 Å². The number of amides is 1. The summed E-state index contributed by atoms with van der Waals surface area (Å²) < 4.78 is 45.8. The predicted molar refractivity (Wildman–Crippen MR) is 115 cm³/mol. The number of halogens is 3. The predicted octanol–water partition coefficient (Wildman–Crippen LogP) is 5.40. The Bertz CT molecular complexity index is 994. The van der Waals surface area contributed by atoms with Gasteiger partial charge in [-0.05, 0) is 46.4 Å². The average molecular weight is 451 g/mol. The Morgan fingerprint density at radius 2 is 1.69 bits per heavy atom. The third-order valence-corrected chi connectivity index (χ3v) is 4.81. The van der Waals surface area contributed by atoms with Crippen LogP contribution in [0.15, 0.2) is 36.4 Å². The molecule has 0 saturated heterocycles. The zero-order valence-corrected chi connectivity index (χ0v) is 18.8. The summed E-state index contributed by atoms with van der Waals surface area (Å²) in [7, 11) is 1.43. The Kier molecular flexibility index (Phi) is 7.59. The van der Waals surface area contributed by atoms with E-state index in [4.69, 9.17) is 9.84 Å². The van der Waals surface area contributed by atoms with Crippen molar-refractivity contribution in [2.24, 2.45) is 5.41 Å². The maximum absolute atomic E-state index is 13.5. The fourth-order valence-corrected chi connectivity index (χ4v) is 3.47. The zero-order valence-electron chi connectivity index (χ0n) is 18.8. The molecular weight excluding hydrogens is 423 g/mol. The molecule has 2 aromatic rings. The van der Waals surface area contributed by atoms with E-state index in [-0.39, 0.29) is 24.3 Å². The molecule has 0 heterocycles. The molecule has 2 aromatic carbocycles. The highest BCUT2D eigenvalue weighted by Crippen LogP contribution is 2.38. The summed E-state index contributed by atoms with van der Waals surface area (Å²) in [5, 5.41) is 9.12. The van der Waals surface area contributed by atoms with Crippen molar-refractivity contribution in [3.63, 3.8) is 0 Å². The lowest BCUT2D eigenvalue weighted by Gasteiger charge is -2.30. The zero-order chi connectivity index (χ0) is 24.3. The van der Waals surface area contributed by atoms with Crippen LogP contribution >= 0.6 is 0 Å². The molecule has 174 valence electrons. The molecule has 1 amide bonds. The summed E-state index contributed by atoms with van der Waals surface area (Å²) in [4.78, 5) is 24.9. The van der Waals surface area contributed by atoms with Crippen LogP contribution in [-0.2, 0) is 28.7 Å². The van der Waals surface area contributed by atoms with E-state index in [0.29, 0.717) is 34.5 Å². The van der Waals surface area contributed by atoms with Gasteiger partial charge in [0.15, 0.2) is 0 Å². The maximum Gasteiger partial charge on any atom is 0.416 e. The molecule has 0 saturated carbocycles. The number of carboxylic acid groups (broad SMARTS) is 1. The number of carbonyl (C=O) groups excluding carboxylic acids is 1. The monoisotopic (exact) mass is 451 g/mol. The Morgan fingerprint density at radius 1 is 1.03 bits per heavy atom. The summed E-state index contributed by atoms with van der Waals surface area (Å²) in [6.07, 6.45) is -4.79. The van der Waals surface area contributed by atoms with Gasteiger partial charge >= 0.3 is 12.1 Å². The number of nitrogens with zero attached hydrogens (tertiary/aromatic N) is 1. The number of carbonyl (C=O) groups is 2. The van der Waals surface area contributed by atoms with Gasteiger partial charge in [0.1, 0.15) is 5.75 Å². The van der Waals surface area contributed by atoms with E-state index < -0.39 is 17.7 Å². The minimum absolute atomic E-state index is 0.0296. The highest BCUT2D eigenvalue weighted by Gasteiger charge is 2.32. The Labute approximate surface area is 185 Å². The number of benzene rings is 2. The minimum atomic E-state index is -4.55. The molecule has 0 radical (unpaired) electrons. The Hall–Kier alpha value is -3.03. The van der Waals surface area contributed by atoms with Crippen LogP contribution in [0.3, 0.4) is 0 Å². The molecule has 0 aliphatic rings. The molecule has 1 N–H and O–H groups in total. The highest BCUT2D eigenvalue weighted by molar-refractivity contribution is 5.78. The SMILES string of the molecule is COc1ccc(CC(=O)O)cc1-c1ccc(C(F)(F)F)cc1CN(CC(C)(C)C)C(C)=O. The van der Waals surface area contributed by atoms with E-state index in [1.54, 1.807) is 18.2 Å². The first-order chi connectivity index (χ1) is 14.7. The van der Waals surface area contributed by atoms with Crippen molar-refractivity contribution in [1.29, 1.82) is 0 Å². The van der Waals surface area contributed by atoms with Crippen molar-refractivity contribution in [2.75, 3.05) is 13.7 Å². The molecule has 0 bridgehead atoms. The summed E-state index contributed by atoms with van der Waals surface area (Å²) in [6, 6.07) is 8.15. The molecule has 0 spiro atoms. The van der Waals surface area contributed by atoms with E-state index in [1.165, 1.54) is 25.0 Å². The Balaban J connectivity index is 2.67. The largest absolute Gasteiger partial charge is 0.496 e. The second-order valence-electron chi connectivity index (χ2n) is 8.91. The van der Waals surface area contributed by atoms with Crippen molar-refractivity contribution in [1.82, 2.24) is 4.90 Å². The van der Waals surface area contributed by atoms with Gasteiger partial charge in [0.25, 0.3) is 0 Å². The quantitative estimate of drug-likeness (QED) is 0.612. The smallest absolute Gasteiger partial charge is 0.416 e. The van der Waals surface area contributed by atoms with Gasteiger partial charge in [-0.2, -0.15) is 13.2 Å². The van der Waals surface area contributed by atoms with Gasteiger partial charge in [-0.3, -0.25) is 9.59 Å².